The van der Waals surface area contributed by atoms with Crippen LogP contribution in [-0.2, 0) is 6.42 Å². The predicted octanol–water partition coefficient (Wildman–Crippen LogP) is 0.957. The van der Waals surface area contributed by atoms with Crippen molar-refractivity contribution in [2.24, 2.45) is 0 Å². The highest BCUT2D eigenvalue weighted by Gasteiger charge is 2.14. The minimum Gasteiger partial charge on any atom is -0.423 e. The number of rotatable bonds is 3. The van der Waals surface area contributed by atoms with Gasteiger partial charge in [0.2, 0.25) is 0 Å². The summed E-state index contributed by atoms with van der Waals surface area (Å²) < 4.78 is 38.5. The largest absolute Gasteiger partial charge is 0.488 e. The average Bonchev–Trinajstić information content (AvgIpc) is 2.48. The van der Waals surface area contributed by atoms with Gasteiger partial charge in [0, 0.05) is 0 Å². The first-order chi connectivity index (χ1) is 9.84. The van der Waals surface area contributed by atoms with Gasteiger partial charge in [0.25, 0.3) is 0 Å². The molecule has 16 heavy (non-hydrogen) atoms. The second kappa shape index (κ2) is 4.97. The van der Waals surface area contributed by atoms with E-state index in [4.69, 9.17) is 6.85 Å². The molecule has 0 spiro atoms. The highest BCUT2D eigenvalue weighted by Crippen LogP contribution is 2.07. The molecule has 0 radical (unpaired) electrons. The van der Waals surface area contributed by atoms with E-state index in [0.717, 1.165) is 0 Å². The van der Waals surface area contributed by atoms with E-state index < -0.39 is 25.2 Å². The molecular weight excluding hydrogens is 199 g/mol. The van der Waals surface area contributed by atoms with Crippen LogP contribution < -0.4 is 5.46 Å². The maximum atomic E-state index is 9.33. The minimum absolute atomic E-state index is 0.0312. The molecule has 0 aliphatic heterocycles. The Bertz CT molecular complexity index is 661. The van der Waals surface area contributed by atoms with Gasteiger partial charge < -0.3 is 10.0 Å². The fraction of sp³-hybridized carbons (Fsp3) is 0.0769. The fourth-order valence-corrected chi connectivity index (χ4v) is 1.50. The van der Waals surface area contributed by atoms with Crippen LogP contribution in [0.4, 0.5) is 0 Å². The zero-order chi connectivity index (χ0) is 15.7. The summed E-state index contributed by atoms with van der Waals surface area (Å²) >= 11 is 0. The molecule has 2 aromatic rings. The minimum atomic E-state index is -1.68. The number of benzene rings is 2. The Morgan fingerprint density at radius 3 is 2.44 bits per heavy atom. The number of hydrogen-bond acceptors (Lipinski definition) is 2. The summed E-state index contributed by atoms with van der Waals surface area (Å²) in [5.41, 5.74) is 0.893. The Kier molecular flexibility index (Phi) is 1.93. The smallest absolute Gasteiger partial charge is 0.423 e. The molecule has 0 fully saturated rings. The first kappa shape index (κ1) is 6.23. The third kappa shape index (κ3) is 2.51. The first-order valence-electron chi connectivity index (χ1n) is 7.34. The third-order valence-corrected chi connectivity index (χ3v) is 2.25. The molecule has 0 atom stereocenters. The van der Waals surface area contributed by atoms with Crippen molar-refractivity contribution in [3.8, 4) is 0 Å². The lowest BCUT2D eigenvalue weighted by Crippen LogP contribution is -2.32. The Morgan fingerprint density at radius 2 is 1.75 bits per heavy atom. The summed E-state index contributed by atoms with van der Waals surface area (Å²) in [6, 6.07) is 4.71. The lowest BCUT2D eigenvalue weighted by atomic mass is 9.76. The molecule has 0 heterocycles. The van der Waals surface area contributed by atoms with E-state index in [0.29, 0.717) is 5.56 Å². The molecule has 0 saturated carbocycles. The monoisotopic (exact) mass is 217 g/mol. The molecule has 0 aliphatic carbocycles. The molecule has 80 valence electrons. The fourth-order valence-electron chi connectivity index (χ4n) is 1.50. The van der Waals surface area contributed by atoms with E-state index in [2.05, 4.69) is 0 Å². The standard InChI is InChI=1S/C13H13BO2/c15-14(16)13-9-5-4-8-12(13)10-11-6-2-1-3-7-11/h1-9,15-16H,10H2/i1D,2D,3D,6D,7D. The summed E-state index contributed by atoms with van der Waals surface area (Å²) in [7, 11) is -1.68. The predicted molar refractivity (Wildman–Crippen MR) is 65.5 cm³/mol. The van der Waals surface area contributed by atoms with Crippen LogP contribution in [0.1, 0.15) is 18.0 Å². The van der Waals surface area contributed by atoms with Crippen LogP contribution in [0.3, 0.4) is 0 Å². The molecule has 2 nitrogen and oxygen atoms in total. The van der Waals surface area contributed by atoms with Gasteiger partial charge in [0.1, 0.15) is 0 Å². The van der Waals surface area contributed by atoms with E-state index in [9.17, 15) is 10.0 Å². The summed E-state index contributed by atoms with van der Waals surface area (Å²) in [4.78, 5) is 0. The molecule has 0 aromatic heterocycles. The van der Waals surface area contributed by atoms with Crippen molar-refractivity contribution in [2.75, 3.05) is 0 Å². The van der Waals surface area contributed by atoms with Gasteiger partial charge in [-0.15, -0.1) is 0 Å². The Morgan fingerprint density at radius 1 is 1.06 bits per heavy atom. The van der Waals surface area contributed by atoms with Gasteiger partial charge in [-0.2, -0.15) is 0 Å². The summed E-state index contributed by atoms with van der Waals surface area (Å²) in [6.45, 7) is 0. The van der Waals surface area contributed by atoms with Crippen LogP contribution in [-0.4, -0.2) is 17.2 Å². The van der Waals surface area contributed by atoms with Crippen LogP contribution in [0.15, 0.2) is 54.5 Å². The maximum Gasteiger partial charge on any atom is 0.488 e. The van der Waals surface area contributed by atoms with Crippen molar-refractivity contribution in [3.05, 3.63) is 65.6 Å². The first-order valence-corrected chi connectivity index (χ1v) is 4.84. The molecule has 0 saturated heterocycles. The quantitative estimate of drug-likeness (QED) is 0.751. The van der Waals surface area contributed by atoms with Crippen molar-refractivity contribution >= 4 is 12.6 Å². The van der Waals surface area contributed by atoms with Crippen LogP contribution in [0.5, 0.6) is 0 Å². The van der Waals surface area contributed by atoms with Crippen molar-refractivity contribution in [1.82, 2.24) is 0 Å². The SMILES string of the molecule is [2H]c1c([2H])c([2H])c(Cc2ccccc2B(O)O)c([2H])c1[2H]. The van der Waals surface area contributed by atoms with Crippen molar-refractivity contribution in [1.29, 1.82) is 0 Å². The van der Waals surface area contributed by atoms with Crippen LogP contribution in [0, 0.1) is 0 Å². The van der Waals surface area contributed by atoms with Gasteiger partial charge in [0.05, 0.1) is 6.85 Å². The van der Waals surface area contributed by atoms with E-state index in [1.54, 1.807) is 18.2 Å². The second-order valence-corrected chi connectivity index (χ2v) is 3.35. The van der Waals surface area contributed by atoms with Crippen molar-refractivity contribution in [2.45, 2.75) is 6.42 Å². The lowest BCUT2D eigenvalue weighted by molar-refractivity contribution is 0.425. The Labute approximate surface area is 102 Å². The highest BCUT2D eigenvalue weighted by molar-refractivity contribution is 6.59. The zero-order valence-electron chi connectivity index (χ0n) is 13.5. The highest BCUT2D eigenvalue weighted by atomic mass is 16.4. The van der Waals surface area contributed by atoms with E-state index in [1.807, 2.05) is 0 Å². The molecule has 0 bridgehead atoms. The van der Waals surface area contributed by atoms with Gasteiger partial charge in [-0.3, -0.25) is 0 Å². The summed E-state index contributed by atoms with van der Waals surface area (Å²) in [6.07, 6.45) is 0.0312. The number of hydrogen-bond donors (Lipinski definition) is 2. The lowest BCUT2D eigenvalue weighted by Gasteiger charge is -2.08. The van der Waals surface area contributed by atoms with Gasteiger partial charge in [0.15, 0.2) is 0 Å². The third-order valence-electron chi connectivity index (χ3n) is 2.25. The Hall–Kier alpha value is -1.58. The van der Waals surface area contributed by atoms with Gasteiger partial charge in [-0.25, -0.2) is 0 Å². The summed E-state index contributed by atoms with van der Waals surface area (Å²) in [5.74, 6) is 0. The maximum absolute atomic E-state index is 9.33. The molecule has 2 rings (SSSR count). The van der Waals surface area contributed by atoms with Gasteiger partial charge >= 0.3 is 7.12 Å². The Balaban J connectivity index is 2.56. The molecule has 0 unspecified atom stereocenters. The molecule has 2 aromatic carbocycles. The van der Waals surface area contributed by atoms with Crippen molar-refractivity contribution < 1.29 is 16.9 Å². The van der Waals surface area contributed by atoms with Crippen LogP contribution >= 0.6 is 0 Å². The van der Waals surface area contributed by atoms with E-state index in [1.165, 1.54) is 6.07 Å². The molecule has 0 aliphatic rings. The van der Waals surface area contributed by atoms with Crippen LogP contribution in [0.2, 0.25) is 0 Å². The zero-order valence-corrected chi connectivity index (χ0v) is 8.49. The molecule has 0 amide bonds. The summed E-state index contributed by atoms with van der Waals surface area (Å²) in [5, 5.41) is 18.7. The molecule has 2 N–H and O–H groups in total. The average molecular weight is 217 g/mol. The topological polar surface area (TPSA) is 40.5 Å². The van der Waals surface area contributed by atoms with E-state index >= 15 is 0 Å². The van der Waals surface area contributed by atoms with Gasteiger partial charge in [-0.1, -0.05) is 54.5 Å². The van der Waals surface area contributed by atoms with Crippen molar-refractivity contribution in [3.63, 3.8) is 0 Å². The van der Waals surface area contributed by atoms with Gasteiger partial charge in [-0.05, 0) is 23.0 Å². The van der Waals surface area contributed by atoms with Crippen LogP contribution in [0.25, 0.3) is 0 Å². The van der Waals surface area contributed by atoms with E-state index in [-0.39, 0.29) is 29.5 Å². The molecular formula is C13H13BO2. The molecule has 3 heteroatoms. The second-order valence-electron chi connectivity index (χ2n) is 3.35. The normalized spacial score (nSPS) is 14.5.